The number of anilines is 1. The molecule has 0 saturated carbocycles. The molecule has 1 aromatic rings. The van der Waals surface area contributed by atoms with Crippen LogP contribution in [-0.4, -0.2) is 70.9 Å². The molecular formula is C20H33N5O2. The van der Waals surface area contributed by atoms with Crippen LogP contribution in [0.1, 0.15) is 45.6 Å². The van der Waals surface area contributed by atoms with E-state index in [0.29, 0.717) is 5.92 Å². The molecule has 7 heteroatoms. The van der Waals surface area contributed by atoms with Crippen LogP contribution in [0, 0.1) is 12.8 Å². The SMILES string of the molecule is Cc1cnc(N2CCCN(CC3CCN(C(=O)OC(C)(C)C)CC3)C2)nc1. The lowest BCUT2D eigenvalue weighted by Crippen LogP contribution is -2.49. The Balaban J connectivity index is 1.46. The number of piperidine rings is 1. The number of nitrogens with zero attached hydrogens (tertiary/aromatic N) is 5. The number of likely N-dealkylation sites (tertiary alicyclic amines) is 1. The van der Waals surface area contributed by atoms with Gasteiger partial charge in [-0.3, -0.25) is 4.90 Å². The van der Waals surface area contributed by atoms with Crippen molar-refractivity contribution in [3.63, 3.8) is 0 Å². The summed E-state index contributed by atoms with van der Waals surface area (Å²) in [6, 6.07) is 0. The fourth-order valence-electron chi connectivity index (χ4n) is 3.72. The van der Waals surface area contributed by atoms with Gasteiger partial charge in [-0.05, 0) is 58.4 Å². The summed E-state index contributed by atoms with van der Waals surface area (Å²) in [5.41, 5.74) is 0.660. The average Bonchev–Trinajstić information content (AvgIpc) is 2.62. The minimum Gasteiger partial charge on any atom is -0.444 e. The molecule has 1 amide bonds. The highest BCUT2D eigenvalue weighted by molar-refractivity contribution is 5.68. The highest BCUT2D eigenvalue weighted by Crippen LogP contribution is 2.22. The van der Waals surface area contributed by atoms with E-state index in [4.69, 9.17) is 4.74 Å². The fraction of sp³-hybridized carbons (Fsp3) is 0.750. The maximum absolute atomic E-state index is 12.2. The van der Waals surface area contributed by atoms with Gasteiger partial charge in [-0.2, -0.15) is 0 Å². The first-order valence-corrected chi connectivity index (χ1v) is 10.0. The van der Waals surface area contributed by atoms with Crippen LogP contribution < -0.4 is 4.90 Å². The molecule has 150 valence electrons. The Bertz CT molecular complexity index is 620. The monoisotopic (exact) mass is 375 g/mol. The van der Waals surface area contributed by atoms with E-state index >= 15 is 0 Å². The molecule has 7 nitrogen and oxygen atoms in total. The lowest BCUT2D eigenvalue weighted by atomic mass is 9.96. The molecule has 0 spiro atoms. The smallest absolute Gasteiger partial charge is 0.410 e. The Labute approximate surface area is 162 Å². The van der Waals surface area contributed by atoms with Gasteiger partial charge in [0.1, 0.15) is 5.60 Å². The van der Waals surface area contributed by atoms with Crippen LogP contribution in [0.15, 0.2) is 12.4 Å². The Kier molecular flexibility index (Phi) is 6.19. The van der Waals surface area contributed by atoms with Crippen LogP contribution in [0.2, 0.25) is 0 Å². The van der Waals surface area contributed by atoms with Gasteiger partial charge in [0.05, 0.1) is 6.67 Å². The number of hydrogen-bond acceptors (Lipinski definition) is 6. The quantitative estimate of drug-likeness (QED) is 0.810. The van der Waals surface area contributed by atoms with Crippen LogP contribution >= 0.6 is 0 Å². The van der Waals surface area contributed by atoms with E-state index in [0.717, 1.165) is 70.2 Å². The second-order valence-corrected chi connectivity index (χ2v) is 8.81. The van der Waals surface area contributed by atoms with Crippen molar-refractivity contribution in [3.05, 3.63) is 18.0 Å². The third-order valence-corrected chi connectivity index (χ3v) is 5.11. The van der Waals surface area contributed by atoms with Crippen molar-refractivity contribution in [2.45, 2.75) is 52.6 Å². The highest BCUT2D eigenvalue weighted by Gasteiger charge is 2.29. The minimum absolute atomic E-state index is 0.179. The highest BCUT2D eigenvalue weighted by atomic mass is 16.6. The largest absolute Gasteiger partial charge is 0.444 e. The van der Waals surface area contributed by atoms with Crippen LogP contribution in [0.3, 0.4) is 0 Å². The molecule has 3 heterocycles. The summed E-state index contributed by atoms with van der Waals surface area (Å²) in [6.07, 6.45) is 6.80. The normalized spacial score (nSPS) is 20.0. The second-order valence-electron chi connectivity index (χ2n) is 8.81. The van der Waals surface area contributed by atoms with Gasteiger partial charge < -0.3 is 14.5 Å². The Hall–Kier alpha value is -1.89. The van der Waals surface area contributed by atoms with Crippen molar-refractivity contribution >= 4 is 12.0 Å². The summed E-state index contributed by atoms with van der Waals surface area (Å²) in [6.45, 7) is 13.4. The van der Waals surface area contributed by atoms with Gasteiger partial charge in [0.2, 0.25) is 5.95 Å². The van der Waals surface area contributed by atoms with E-state index in [2.05, 4.69) is 19.8 Å². The van der Waals surface area contributed by atoms with Crippen molar-refractivity contribution in [2.75, 3.05) is 44.3 Å². The molecular weight excluding hydrogens is 342 g/mol. The van der Waals surface area contributed by atoms with Crippen molar-refractivity contribution in [1.82, 2.24) is 19.8 Å². The average molecular weight is 376 g/mol. The van der Waals surface area contributed by atoms with Gasteiger partial charge in [-0.1, -0.05) is 0 Å². The lowest BCUT2D eigenvalue weighted by Gasteiger charge is -2.39. The zero-order valence-corrected chi connectivity index (χ0v) is 17.1. The number of carbonyl (C=O) groups is 1. The van der Waals surface area contributed by atoms with E-state index in [9.17, 15) is 4.79 Å². The zero-order chi connectivity index (χ0) is 19.4. The molecule has 0 aromatic carbocycles. The van der Waals surface area contributed by atoms with E-state index in [1.54, 1.807) is 0 Å². The number of ether oxygens (including phenoxy) is 1. The molecule has 0 bridgehead atoms. The van der Waals surface area contributed by atoms with Gasteiger partial charge in [0.25, 0.3) is 0 Å². The number of hydrogen-bond donors (Lipinski definition) is 0. The van der Waals surface area contributed by atoms with E-state index in [1.807, 2.05) is 45.0 Å². The fourth-order valence-corrected chi connectivity index (χ4v) is 3.72. The van der Waals surface area contributed by atoms with E-state index < -0.39 is 5.60 Å². The molecule has 2 fully saturated rings. The predicted octanol–water partition coefficient (Wildman–Crippen LogP) is 2.90. The summed E-state index contributed by atoms with van der Waals surface area (Å²) >= 11 is 0. The van der Waals surface area contributed by atoms with Crippen molar-refractivity contribution < 1.29 is 9.53 Å². The van der Waals surface area contributed by atoms with Gasteiger partial charge in [0.15, 0.2) is 0 Å². The van der Waals surface area contributed by atoms with Crippen LogP contribution in [0.25, 0.3) is 0 Å². The summed E-state index contributed by atoms with van der Waals surface area (Å²) in [4.78, 5) is 27.8. The topological polar surface area (TPSA) is 61.8 Å². The molecule has 0 N–H and O–H groups in total. The first-order chi connectivity index (χ1) is 12.8. The molecule has 2 aliphatic rings. The minimum atomic E-state index is -0.427. The molecule has 3 rings (SSSR count). The van der Waals surface area contributed by atoms with Gasteiger partial charge >= 0.3 is 6.09 Å². The van der Waals surface area contributed by atoms with Crippen LogP contribution in [-0.2, 0) is 4.74 Å². The third-order valence-electron chi connectivity index (χ3n) is 5.11. The zero-order valence-electron chi connectivity index (χ0n) is 17.1. The lowest BCUT2D eigenvalue weighted by molar-refractivity contribution is 0.0167. The first-order valence-electron chi connectivity index (χ1n) is 10.0. The summed E-state index contributed by atoms with van der Waals surface area (Å²) in [5, 5.41) is 0. The second kappa shape index (κ2) is 8.42. The number of aryl methyl sites for hydroxylation is 1. The van der Waals surface area contributed by atoms with E-state index in [1.165, 1.54) is 0 Å². The van der Waals surface area contributed by atoms with Crippen LogP contribution in [0.4, 0.5) is 10.7 Å². The standard InChI is InChI=1S/C20H33N5O2/c1-16-12-21-18(22-13-16)25-9-5-8-23(15-25)14-17-6-10-24(11-7-17)19(26)27-20(2,3)4/h12-13,17H,5-11,14-15H2,1-4H3. The summed E-state index contributed by atoms with van der Waals surface area (Å²) < 4.78 is 5.49. The number of amides is 1. The first kappa shape index (κ1) is 19.9. The molecule has 2 aliphatic heterocycles. The summed E-state index contributed by atoms with van der Waals surface area (Å²) in [7, 11) is 0. The van der Waals surface area contributed by atoms with Crippen molar-refractivity contribution in [2.24, 2.45) is 5.92 Å². The van der Waals surface area contributed by atoms with Gasteiger partial charge in [-0.25, -0.2) is 14.8 Å². The maximum Gasteiger partial charge on any atom is 0.410 e. The number of carbonyl (C=O) groups excluding carboxylic acids is 1. The van der Waals surface area contributed by atoms with Crippen molar-refractivity contribution in [3.8, 4) is 0 Å². The number of rotatable bonds is 3. The molecule has 27 heavy (non-hydrogen) atoms. The molecule has 1 aromatic heterocycles. The Morgan fingerprint density at radius 2 is 1.81 bits per heavy atom. The maximum atomic E-state index is 12.2. The predicted molar refractivity (Wildman–Crippen MR) is 106 cm³/mol. The van der Waals surface area contributed by atoms with Crippen molar-refractivity contribution in [1.29, 1.82) is 0 Å². The number of aromatic nitrogens is 2. The third kappa shape index (κ3) is 5.79. The molecule has 0 radical (unpaired) electrons. The molecule has 0 unspecified atom stereocenters. The molecule has 2 saturated heterocycles. The Morgan fingerprint density at radius 3 is 2.44 bits per heavy atom. The molecule has 0 aliphatic carbocycles. The van der Waals surface area contributed by atoms with Gasteiger partial charge in [0, 0.05) is 45.1 Å². The summed E-state index contributed by atoms with van der Waals surface area (Å²) in [5.74, 6) is 1.45. The molecule has 0 atom stereocenters. The Morgan fingerprint density at radius 1 is 1.15 bits per heavy atom. The van der Waals surface area contributed by atoms with Crippen LogP contribution in [0.5, 0.6) is 0 Å². The van der Waals surface area contributed by atoms with E-state index in [-0.39, 0.29) is 6.09 Å². The van der Waals surface area contributed by atoms with Gasteiger partial charge in [-0.15, -0.1) is 0 Å².